The van der Waals surface area contributed by atoms with Gasteiger partial charge in [0.2, 0.25) is 0 Å². The Morgan fingerprint density at radius 3 is 2.38 bits per heavy atom. The number of nitrogens with one attached hydrogen (secondary N) is 1. The first-order valence-corrected chi connectivity index (χ1v) is 12.1. The molecule has 0 fully saturated rings. The highest BCUT2D eigenvalue weighted by Crippen LogP contribution is 2.48. The van der Waals surface area contributed by atoms with Crippen molar-refractivity contribution in [1.29, 1.82) is 0 Å². The molecule has 0 saturated carbocycles. The van der Waals surface area contributed by atoms with Gasteiger partial charge in [-0.2, -0.15) is 5.10 Å². The lowest BCUT2D eigenvalue weighted by molar-refractivity contribution is 0.0988. The van der Waals surface area contributed by atoms with Crippen molar-refractivity contribution < 1.29 is 14.1 Å². The zero-order valence-electron chi connectivity index (χ0n) is 20.8. The van der Waals surface area contributed by atoms with Gasteiger partial charge in [0.25, 0.3) is 5.91 Å². The third kappa shape index (κ3) is 3.62. The Labute approximate surface area is 214 Å². The molecule has 7 heteroatoms. The number of ether oxygens (including phenoxy) is 1. The summed E-state index contributed by atoms with van der Waals surface area (Å²) in [5.74, 6) is 0.550. The number of aromatic amines is 1. The van der Waals surface area contributed by atoms with Crippen molar-refractivity contribution in [1.82, 2.24) is 15.4 Å². The van der Waals surface area contributed by atoms with Crippen LogP contribution in [0.3, 0.4) is 0 Å². The Bertz CT molecular complexity index is 1550. The van der Waals surface area contributed by atoms with Gasteiger partial charge in [0.1, 0.15) is 17.7 Å². The van der Waals surface area contributed by atoms with Gasteiger partial charge in [-0.25, -0.2) is 0 Å². The highest BCUT2D eigenvalue weighted by Gasteiger charge is 2.46. The molecule has 0 aliphatic carbocycles. The van der Waals surface area contributed by atoms with Crippen LogP contribution in [0.25, 0.3) is 11.3 Å². The van der Waals surface area contributed by atoms with Gasteiger partial charge < -0.3 is 9.26 Å². The van der Waals surface area contributed by atoms with Crippen LogP contribution in [0.4, 0.5) is 5.69 Å². The standard InChI is InChI=1S/C30H26N4O3/c1-30(2,20-9-5-4-6-10-20)28-25-26(31-32-28)29(35)34(27(25)22-11-7-8-12-24(22)36-3)21-15-13-19(14-16-21)23-17-18-37-33-23/h4-18,27H,1-3H3,(H,31,32). The zero-order chi connectivity index (χ0) is 25.6. The number of benzene rings is 3. The van der Waals surface area contributed by atoms with Crippen LogP contribution in [0.2, 0.25) is 0 Å². The van der Waals surface area contributed by atoms with Gasteiger partial charge >= 0.3 is 0 Å². The van der Waals surface area contributed by atoms with Crippen molar-refractivity contribution in [2.45, 2.75) is 25.3 Å². The molecule has 1 aliphatic heterocycles. The fourth-order valence-corrected chi connectivity index (χ4v) is 5.22. The van der Waals surface area contributed by atoms with Crippen molar-refractivity contribution >= 4 is 11.6 Å². The van der Waals surface area contributed by atoms with Crippen LogP contribution in [0.1, 0.15) is 52.8 Å². The number of methoxy groups -OCH3 is 1. The number of para-hydroxylation sites is 1. The Balaban J connectivity index is 1.52. The average Bonchev–Trinajstić information content (AvgIpc) is 3.68. The number of hydrogen-bond acceptors (Lipinski definition) is 5. The Morgan fingerprint density at radius 1 is 0.946 bits per heavy atom. The molecule has 0 saturated heterocycles. The van der Waals surface area contributed by atoms with E-state index in [4.69, 9.17) is 9.26 Å². The predicted molar refractivity (Wildman–Crippen MR) is 141 cm³/mol. The first kappa shape index (κ1) is 22.8. The molecule has 3 aromatic carbocycles. The number of carbonyl (C=O) groups excluding carboxylic acids is 1. The summed E-state index contributed by atoms with van der Waals surface area (Å²) in [5.41, 5.74) is 6.19. The summed E-state index contributed by atoms with van der Waals surface area (Å²) in [5, 5.41) is 11.8. The normalized spacial score (nSPS) is 15.2. The van der Waals surface area contributed by atoms with Crippen LogP contribution in [-0.4, -0.2) is 28.4 Å². The van der Waals surface area contributed by atoms with Gasteiger partial charge in [0.05, 0.1) is 18.8 Å². The second-order valence-corrected chi connectivity index (χ2v) is 9.60. The number of rotatable bonds is 6. The highest BCUT2D eigenvalue weighted by molar-refractivity contribution is 6.11. The summed E-state index contributed by atoms with van der Waals surface area (Å²) in [6.07, 6.45) is 1.54. The SMILES string of the molecule is COc1ccccc1C1c2c(n[nH]c2C(C)(C)c2ccccc2)C(=O)N1c1ccc(-c2ccon2)cc1. The molecule has 7 nitrogen and oxygen atoms in total. The minimum absolute atomic E-state index is 0.161. The molecule has 1 amide bonds. The van der Waals surface area contributed by atoms with E-state index in [1.807, 2.05) is 66.7 Å². The largest absolute Gasteiger partial charge is 0.496 e. The van der Waals surface area contributed by atoms with Crippen LogP contribution >= 0.6 is 0 Å². The van der Waals surface area contributed by atoms with Crippen LogP contribution in [-0.2, 0) is 5.41 Å². The van der Waals surface area contributed by atoms with Gasteiger partial charge in [0, 0.05) is 33.9 Å². The molecule has 0 bridgehead atoms. The molecule has 1 N–H and O–H groups in total. The summed E-state index contributed by atoms with van der Waals surface area (Å²) < 4.78 is 10.7. The lowest BCUT2D eigenvalue weighted by Crippen LogP contribution is -2.31. The monoisotopic (exact) mass is 490 g/mol. The maximum atomic E-state index is 13.9. The van der Waals surface area contributed by atoms with E-state index < -0.39 is 11.5 Å². The van der Waals surface area contributed by atoms with Crippen molar-refractivity contribution in [3.8, 4) is 17.0 Å². The van der Waals surface area contributed by atoms with Gasteiger partial charge in [-0.3, -0.25) is 14.8 Å². The molecule has 184 valence electrons. The lowest BCUT2D eigenvalue weighted by Gasteiger charge is -2.31. The van der Waals surface area contributed by atoms with Crippen LogP contribution < -0.4 is 9.64 Å². The molecule has 5 aromatic rings. The summed E-state index contributed by atoms with van der Waals surface area (Å²) in [4.78, 5) is 15.8. The molecule has 0 spiro atoms. The maximum absolute atomic E-state index is 13.9. The van der Waals surface area contributed by atoms with E-state index >= 15 is 0 Å². The summed E-state index contributed by atoms with van der Waals surface area (Å²) >= 11 is 0. The first-order chi connectivity index (χ1) is 18.0. The topological polar surface area (TPSA) is 84.2 Å². The molecule has 6 rings (SSSR count). The number of anilines is 1. The number of carbonyl (C=O) groups is 1. The fourth-order valence-electron chi connectivity index (χ4n) is 5.22. The number of aromatic nitrogens is 3. The second-order valence-electron chi connectivity index (χ2n) is 9.60. The quantitative estimate of drug-likeness (QED) is 0.309. The second kappa shape index (κ2) is 8.78. The fraction of sp³-hybridized carbons (Fsp3) is 0.167. The summed E-state index contributed by atoms with van der Waals surface area (Å²) in [6, 6.07) is 27.2. The van der Waals surface area contributed by atoms with E-state index in [1.54, 1.807) is 24.3 Å². The molecule has 37 heavy (non-hydrogen) atoms. The van der Waals surface area contributed by atoms with E-state index in [1.165, 1.54) is 0 Å². The minimum atomic E-state index is -0.423. The smallest absolute Gasteiger partial charge is 0.280 e. The minimum Gasteiger partial charge on any atom is -0.496 e. The van der Waals surface area contributed by atoms with Gasteiger partial charge in [-0.05, 0) is 23.8 Å². The predicted octanol–water partition coefficient (Wildman–Crippen LogP) is 6.15. The number of hydrogen-bond donors (Lipinski definition) is 1. The number of nitrogens with zero attached hydrogens (tertiary/aromatic N) is 3. The molecule has 1 aliphatic rings. The number of amides is 1. The van der Waals surface area contributed by atoms with Gasteiger partial charge in [-0.15, -0.1) is 0 Å². The van der Waals surface area contributed by atoms with Crippen LogP contribution in [0.5, 0.6) is 5.75 Å². The molecule has 1 unspecified atom stereocenters. The highest BCUT2D eigenvalue weighted by atomic mass is 16.5. The van der Waals surface area contributed by atoms with Crippen molar-refractivity contribution in [3.63, 3.8) is 0 Å². The Morgan fingerprint density at radius 2 is 1.68 bits per heavy atom. The molecule has 2 aromatic heterocycles. The van der Waals surface area contributed by atoms with E-state index in [2.05, 4.69) is 41.3 Å². The lowest BCUT2D eigenvalue weighted by atomic mass is 9.78. The summed E-state index contributed by atoms with van der Waals surface area (Å²) in [6.45, 7) is 4.30. The Kier molecular flexibility index (Phi) is 5.41. The molecule has 0 radical (unpaired) electrons. The van der Waals surface area contributed by atoms with Crippen molar-refractivity contribution in [2.75, 3.05) is 12.0 Å². The molecule has 3 heterocycles. The van der Waals surface area contributed by atoms with Crippen molar-refractivity contribution in [2.24, 2.45) is 0 Å². The third-order valence-electron chi connectivity index (χ3n) is 7.19. The average molecular weight is 491 g/mol. The number of H-pyrrole nitrogens is 1. The van der Waals surface area contributed by atoms with E-state index in [9.17, 15) is 4.79 Å². The molecular formula is C30H26N4O3. The first-order valence-electron chi connectivity index (χ1n) is 12.1. The van der Waals surface area contributed by atoms with E-state index in [0.29, 0.717) is 11.4 Å². The van der Waals surface area contributed by atoms with Crippen LogP contribution in [0.15, 0.2) is 95.7 Å². The number of fused-ring (bicyclic) bond motifs is 1. The van der Waals surface area contributed by atoms with Gasteiger partial charge in [0.15, 0.2) is 5.69 Å². The maximum Gasteiger partial charge on any atom is 0.280 e. The van der Waals surface area contributed by atoms with Crippen molar-refractivity contribution in [3.05, 3.63) is 119 Å². The third-order valence-corrected chi connectivity index (χ3v) is 7.19. The van der Waals surface area contributed by atoms with E-state index in [-0.39, 0.29) is 5.91 Å². The van der Waals surface area contributed by atoms with Crippen LogP contribution in [0, 0.1) is 0 Å². The Hall–Kier alpha value is -4.65. The molecule has 1 atom stereocenters. The zero-order valence-corrected chi connectivity index (χ0v) is 20.8. The summed E-state index contributed by atoms with van der Waals surface area (Å²) in [7, 11) is 1.65. The molecular weight excluding hydrogens is 464 g/mol. The van der Waals surface area contributed by atoms with E-state index in [0.717, 1.165) is 39.3 Å². The van der Waals surface area contributed by atoms with Gasteiger partial charge in [-0.1, -0.05) is 79.7 Å².